The maximum absolute atomic E-state index is 11.7. The first-order valence-electron chi connectivity index (χ1n) is 6.06. The fourth-order valence-corrected chi connectivity index (χ4v) is 2.85. The summed E-state index contributed by atoms with van der Waals surface area (Å²) in [6, 6.07) is 8.17. The van der Waals surface area contributed by atoms with Gasteiger partial charge in [-0.15, -0.1) is 0 Å². The Kier molecular flexibility index (Phi) is 3.04. The summed E-state index contributed by atoms with van der Waals surface area (Å²) in [5, 5.41) is 4.35. The summed E-state index contributed by atoms with van der Waals surface area (Å²) in [5.41, 5.74) is 3.09. The van der Waals surface area contributed by atoms with Crippen LogP contribution in [0.4, 0.5) is 0 Å². The third-order valence-corrected chi connectivity index (χ3v) is 3.78. The van der Waals surface area contributed by atoms with Gasteiger partial charge in [-0.2, -0.15) is 5.10 Å². The minimum Gasteiger partial charge on any atom is -0.294 e. The Labute approximate surface area is 114 Å². The third-order valence-electron chi connectivity index (χ3n) is 3.29. The van der Waals surface area contributed by atoms with E-state index in [1.807, 2.05) is 16.8 Å². The van der Waals surface area contributed by atoms with Gasteiger partial charge in [0.05, 0.1) is 18.3 Å². The zero-order valence-electron chi connectivity index (χ0n) is 9.90. The molecule has 2 aromatic rings. The third kappa shape index (κ3) is 2.12. The highest BCUT2D eigenvalue weighted by Crippen LogP contribution is 2.22. The second-order valence-corrected chi connectivity index (χ2v) is 5.48. The summed E-state index contributed by atoms with van der Waals surface area (Å²) in [6.07, 6.45) is 4.27. The molecule has 1 aliphatic carbocycles. The van der Waals surface area contributed by atoms with Crippen LogP contribution in [0.2, 0.25) is 0 Å². The van der Waals surface area contributed by atoms with E-state index < -0.39 is 0 Å². The van der Waals surface area contributed by atoms with Gasteiger partial charge in [0.25, 0.3) is 0 Å². The van der Waals surface area contributed by atoms with Crippen LogP contribution < -0.4 is 0 Å². The van der Waals surface area contributed by atoms with Gasteiger partial charge in [-0.1, -0.05) is 28.1 Å². The zero-order chi connectivity index (χ0) is 12.5. The van der Waals surface area contributed by atoms with Crippen molar-refractivity contribution in [3.05, 3.63) is 51.8 Å². The summed E-state index contributed by atoms with van der Waals surface area (Å²) < 4.78 is 3.02. The molecule has 0 unspecified atom stereocenters. The fourth-order valence-electron chi connectivity index (χ4n) is 2.40. The van der Waals surface area contributed by atoms with Crippen LogP contribution in [0.1, 0.15) is 34.5 Å². The highest BCUT2D eigenvalue weighted by Gasteiger charge is 2.21. The number of aromatic nitrogens is 2. The molecule has 3 nitrogen and oxygen atoms in total. The second kappa shape index (κ2) is 4.69. The first-order chi connectivity index (χ1) is 8.74. The summed E-state index contributed by atoms with van der Waals surface area (Å²) in [6.45, 7) is 0.724. The molecule has 0 saturated carbocycles. The number of nitrogens with zero attached hydrogens (tertiary/aromatic N) is 2. The molecule has 0 N–H and O–H groups in total. The van der Waals surface area contributed by atoms with Gasteiger partial charge in [-0.25, -0.2) is 0 Å². The Morgan fingerprint density at radius 3 is 3.06 bits per heavy atom. The van der Waals surface area contributed by atoms with E-state index in [9.17, 15) is 4.79 Å². The van der Waals surface area contributed by atoms with Crippen molar-refractivity contribution in [1.82, 2.24) is 9.78 Å². The number of rotatable bonds is 2. The van der Waals surface area contributed by atoms with Crippen molar-refractivity contribution in [1.29, 1.82) is 0 Å². The van der Waals surface area contributed by atoms with Crippen molar-refractivity contribution in [3.8, 4) is 0 Å². The summed E-state index contributed by atoms with van der Waals surface area (Å²) in [5.74, 6) is 0.233. The van der Waals surface area contributed by atoms with E-state index in [4.69, 9.17) is 0 Å². The van der Waals surface area contributed by atoms with Gasteiger partial charge in [0.15, 0.2) is 5.78 Å². The van der Waals surface area contributed by atoms with Gasteiger partial charge >= 0.3 is 0 Å². The SMILES string of the molecule is O=C1CCCc2c1cnn2Cc1cccc(Br)c1. The Hall–Kier alpha value is -1.42. The molecule has 0 radical (unpaired) electrons. The molecule has 0 atom stereocenters. The number of carbonyl (C=O) groups is 1. The molecule has 0 bridgehead atoms. The van der Waals surface area contributed by atoms with Crippen LogP contribution in [0.5, 0.6) is 0 Å². The molecule has 1 aromatic heterocycles. The molecular weight excluding hydrogens is 292 g/mol. The minimum atomic E-state index is 0.233. The lowest BCUT2D eigenvalue weighted by molar-refractivity contribution is 0.0972. The van der Waals surface area contributed by atoms with Gasteiger partial charge in [-0.05, 0) is 30.5 Å². The number of ketones is 1. The standard InChI is InChI=1S/C14H13BrN2O/c15-11-4-1-3-10(7-11)9-17-13-5-2-6-14(18)12(13)8-16-17/h1,3-4,7-8H,2,5-6,9H2. The van der Waals surface area contributed by atoms with Gasteiger partial charge in [0, 0.05) is 16.6 Å². The van der Waals surface area contributed by atoms with Crippen LogP contribution in [-0.4, -0.2) is 15.6 Å². The van der Waals surface area contributed by atoms with E-state index in [1.54, 1.807) is 6.20 Å². The normalized spacial score (nSPS) is 14.6. The van der Waals surface area contributed by atoms with Crippen LogP contribution in [0, 0.1) is 0 Å². The number of fused-ring (bicyclic) bond motifs is 1. The topological polar surface area (TPSA) is 34.9 Å². The van der Waals surface area contributed by atoms with Gasteiger partial charge < -0.3 is 0 Å². The second-order valence-electron chi connectivity index (χ2n) is 4.57. The van der Waals surface area contributed by atoms with Crippen LogP contribution in [0.25, 0.3) is 0 Å². The quantitative estimate of drug-likeness (QED) is 0.854. The Bertz CT molecular complexity index is 604. The van der Waals surface area contributed by atoms with Crippen LogP contribution in [0.3, 0.4) is 0 Å². The number of carbonyl (C=O) groups excluding carboxylic acids is 1. The van der Waals surface area contributed by atoms with Crippen LogP contribution in [-0.2, 0) is 13.0 Å². The van der Waals surface area contributed by atoms with E-state index >= 15 is 0 Å². The predicted octanol–water partition coefficient (Wildman–Crippen LogP) is 3.21. The molecule has 0 spiro atoms. The van der Waals surface area contributed by atoms with Crippen molar-refractivity contribution in [2.24, 2.45) is 0 Å². The molecule has 1 aromatic carbocycles. The smallest absolute Gasteiger partial charge is 0.166 e. The molecule has 0 saturated heterocycles. The Morgan fingerprint density at radius 2 is 2.22 bits per heavy atom. The van der Waals surface area contributed by atoms with E-state index in [2.05, 4.69) is 33.2 Å². The highest BCUT2D eigenvalue weighted by molar-refractivity contribution is 9.10. The molecule has 4 heteroatoms. The lowest BCUT2D eigenvalue weighted by atomic mass is 9.97. The number of Topliss-reactive ketones (excluding diaryl/α,β-unsaturated/α-hetero) is 1. The first kappa shape index (κ1) is 11.7. The number of hydrogen-bond donors (Lipinski definition) is 0. The van der Waals surface area contributed by atoms with Crippen molar-refractivity contribution < 1.29 is 4.79 Å². The molecule has 92 valence electrons. The average molecular weight is 305 g/mol. The van der Waals surface area contributed by atoms with Crippen LogP contribution in [0.15, 0.2) is 34.9 Å². The molecule has 0 amide bonds. The van der Waals surface area contributed by atoms with Gasteiger partial charge in [0.2, 0.25) is 0 Å². The molecule has 18 heavy (non-hydrogen) atoms. The zero-order valence-corrected chi connectivity index (χ0v) is 11.5. The molecule has 0 aliphatic heterocycles. The highest BCUT2D eigenvalue weighted by atomic mass is 79.9. The van der Waals surface area contributed by atoms with Crippen molar-refractivity contribution >= 4 is 21.7 Å². The minimum absolute atomic E-state index is 0.233. The maximum Gasteiger partial charge on any atom is 0.166 e. The predicted molar refractivity (Wildman–Crippen MR) is 72.7 cm³/mol. The number of benzene rings is 1. The monoisotopic (exact) mass is 304 g/mol. The van der Waals surface area contributed by atoms with Crippen molar-refractivity contribution in [2.75, 3.05) is 0 Å². The van der Waals surface area contributed by atoms with E-state index in [0.717, 1.165) is 35.1 Å². The molecule has 1 aliphatic rings. The average Bonchev–Trinajstić information content (AvgIpc) is 2.74. The summed E-state index contributed by atoms with van der Waals surface area (Å²) in [7, 11) is 0. The van der Waals surface area contributed by atoms with Gasteiger partial charge in [0.1, 0.15) is 0 Å². The molecule has 0 fully saturated rings. The Morgan fingerprint density at radius 1 is 1.33 bits per heavy atom. The van der Waals surface area contributed by atoms with E-state index in [0.29, 0.717) is 6.42 Å². The summed E-state index contributed by atoms with van der Waals surface area (Å²) >= 11 is 3.47. The van der Waals surface area contributed by atoms with Crippen molar-refractivity contribution in [3.63, 3.8) is 0 Å². The van der Waals surface area contributed by atoms with Crippen molar-refractivity contribution in [2.45, 2.75) is 25.8 Å². The Balaban J connectivity index is 1.92. The largest absolute Gasteiger partial charge is 0.294 e. The lowest BCUT2D eigenvalue weighted by Gasteiger charge is -2.13. The number of hydrogen-bond acceptors (Lipinski definition) is 2. The van der Waals surface area contributed by atoms with Crippen LogP contribution >= 0.6 is 15.9 Å². The number of halogens is 1. The molecule has 3 rings (SSSR count). The summed E-state index contributed by atoms with van der Waals surface area (Å²) in [4.78, 5) is 11.7. The fraction of sp³-hybridized carbons (Fsp3) is 0.286. The first-order valence-corrected chi connectivity index (χ1v) is 6.85. The van der Waals surface area contributed by atoms with E-state index in [1.165, 1.54) is 5.56 Å². The molecule has 1 heterocycles. The maximum atomic E-state index is 11.7. The van der Waals surface area contributed by atoms with Gasteiger partial charge in [-0.3, -0.25) is 9.48 Å². The molecular formula is C14H13BrN2O. The van der Waals surface area contributed by atoms with E-state index in [-0.39, 0.29) is 5.78 Å². The lowest BCUT2D eigenvalue weighted by Crippen LogP contribution is -2.14.